The molecule has 0 unspecified atom stereocenters. The Morgan fingerprint density at radius 3 is 2.45 bits per heavy atom. The highest BCUT2D eigenvalue weighted by molar-refractivity contribution is 5.52. The van der Waals surface area contributed by atoms with Crippen molar-refractivity contribution in [1.82, 2.24) is 4.90 Å². The number of hydrogen-bond donors (Lipinski definition) is 0. The number of nitrogens with zero attached hydrogens (tertiary/aromatic N) is 1. The van der Waals surface area contributed by atoms with Crippen molar-refractivity contribution in [1.29, 1.82) is 0 Å². The van der Waals surface area contributed by atoms with Gasteiger partial charge in [0, 0.05) is 12.0 Å². The normalized spacial score (nSPS) is 22.3. The zero-order valence-corrected chi connectivity index (χ0v) is 13.3. The fourth-order valence-electron chi connectivity index (χ4n) is 3.24. The van der Waals surface area contributed by atoms with E-state index in [1.807, 2.05) is 12.1 Å². The first-order chi connectivity index (χ1) is 10.8. The highest BCUT2D eigenvalue weighted by atomic mass is 16.5. The molecule has 2 heteroatoms. The molecule has 0 amide bonds. The van der Waals surface area contributed by atoms with Crippen molar-refractivity contribution in [2.45, 2.75) is 18.4 Å². The van der Waals surface area contributed by atoms with Gasteiger partial charge in [0.05, 0.1) is 7.11 Å². The molecule has 2 nitrogen and oxygen atoms in total. The Labute approximate surface area is 133 Å². The van der Waals surface area contributed by atoms with Gasteiger partial charge in [-0.2, -0.15) is 0 Å². The van der Waals surface area contributed by atoms with Crippen molar-refractivity contribution in [3.63, 3.8) is 0 Å². The van der Waals surface area contributed by atoms with E-state index in [0.29, 0.717) is 12.0 Å². The summed E-state index contributed by atoms with van der Waals surface area (Å²) in [5.41, 5.74) is 2.66. The topological polar surface area (TPSA) is 12.5 Å². The summed E-state index contributed by atoms with van der Waals surface area (Å²) >= 11 is 0. The maximum Gasteiger partial charge on any atom is 0.118 e. The summed E-state index contributed by atoms with van der Waals surface area (Å²) in [6.07, 6.45) is 5.78. The summed E-state index contributed by atoms with van der Waals surface area (Å²) in [5.74, 6) is 1.48. The third kappa shape index (κ3) is 3.23. The van der Waals surface area contributed by atoms with Gasteiger partial charge < -0.3 is 4.74 Å². The molecule has 0 aromatic heterocycles. The van der Waals surface area contributed by atoms with E-state index in [0.717, 1.165) is 12.3 Å². The minimum Gasteiger partial charge on any atom is -0.497 e. The molecule has 1 heterocycles. The molecule has 0 N–H and O–H groups in total. The van der Waals surface area contributed by atoms with Gasteiger partial charge in [0.15, 0.2) is 0 Å². The molecule has 0 bridgehead atoms. The number of benzene rings is 2. The van der Waals surface area contributed by atoms with Crippen molar-refractivity contribution in [2.24, 2.45) is 0 Å². The minimum atomic E-state index is 0.463. The highest BCUT2D eigenvalue weighted by Gasteiger charge is 2.30. The van der Waals surface area contributed by atoms with Gasteiger partial charge in [0.2, 0.25) is 0 Å². The second-order valence-corrected chi connectivity index (χ2v) is 5.91. The molecule has 0 radical (unpaired) electrons. The molecule has 1 saturated heterocycles. The number of ether oxygens (including phenoxy) is 1. The van der Waals surface area contributed by atoms with E-state index in [1.54, 1.807) is 7.11 Å². The van der Waals surface area contributed by atoms with Crippen LogP contribution in [0.15, 0.2) is 60.7 Å². The summed E-state index contributed by atoms with van der Waals surface area (Å²) in [5, 5.41) is 0. The van der Waals surface area contributed by atoms with Crippen molar-refractivity contribution >= 4 is 6.08 Å². The van der Waals surface area contributed by atoms with Crippen LogP contribution in [0.4, 0.5) is 0 Å². The SMILES string of the molecule is COc1ccc(/C=C/[C@@H]2[C@@H](c3ccccc3)CCN2C)cc1. The summed E-state index contributed by atoms with van der Waals surface area (Å²) in [6, 6.07) is 19.5. The lowest BCUT2D eigenvalue weighted by Crippen LogP contribution is -2.26. The van der Waals surface area contributed by atoms with Crippen LogP contribution in [0.2, 0.25) is 0 Å². The molecule has 0 aliphatic carbocycles. The summed E-state index contributed by atoms with van der Waals surface area (Å²) in [6.45, 7) is 1.15. The van der Waals surface area contributed by atoms with Crippen molar-refractivity contribution in [3.05, 3.63) is 71.8 Å². The lowest BCUT2D eigenvalue weighted by Gasteiger charge is -2.22. The molecule has 2 aromatic carbocycles. The molecule has 2 atom stereocenters. The lowest BCUT2D eigenvalue weighted by molar-refractivity contribution is 0.347. The van der Waals surface area contributed by atoms with Crippen LogP contribution in [-0.4, -0.2) is 31.6 Å². The Kier molecular flexibility index (Phi) is 4.59. The third-order valence-electron chi connectivity index (χ3n) is 4.54. The van der Waals surface area contributed by atoms with Crippen molar-refractivity contribution < 1.29 is 4.74 Å². The van der Waals surface area contributed by atoms with Crippen LogP contribution in [-0.2, 0) is 0 Å². The Morgan fingerprint density at radius 1 is 1.05 bits per heavy atom. The molecular weight excluding hydrogens is 270 g/mol. The number of rotatable bonds is 4. The molecule has 22 heavy (non-hydrogen) atoms. The van der Waals surface area contributed by atoms with Crippen LogP contribution in [0.5, 0.6) is 5.75 Å². The first-order valence-electron chi connectivity index (χ1n) is 7.85. The van der Waals surface area contributed by atoms with Crippen LogP contribution in [0, 0.1) is 0 Å². The summed E-state index contributed by atoms with van der Waals surface area (Å²) in [7, 11) is 3.91. The standard InChI is InChI=1S/C20H23NO/c1-21-15-14-19(17-6-4-3-5-7-17)20(21)13-10-16-8-11-18(22-2)12-9-16/h3-13,19-20H,14-15H2,1-2H3/b13-10+/t19-,20-/m1/s1. The molecule has 1 fully saturated rings. The van der Waals surface area contributed by atoms with Crippen molar-refractivity contribution in [3.8, 4) is 5.75 Å². The van der Waals surface area contributed by atoms with Crippen LogP contribution >= 0.6 is 0 Å². The van der Waals surface area contributed by atoms with E-state index in [1.165, 1.54) is 17.5 Å². The quantitative estimate of drug-likeness (QED) is 0.838. The smallest absolute Gasteiger partial charge is 0.118 e. The molecule has 114 valence electrons. The Hall–Kier alpha value is -2.06. The highest BCUT2D eigenvalue weighted by Crippen LogP contribution is 2.33. The molecule has 1 aliphatic heterocycles. The van der Waals surface area contributed by atoms with Gasteiger partial charge in [-0.05, 0) is 43.3 Å². The molecule has 1 aliphatic rings. The van der Waals surface area contributed by atoms with Gasteiger partial charge in [-0.1, -0.05) is 54.6 Å². The monoisotopic (exact) mass is 293 g/mol. The average molecular weight is 293 g/mol. The van der Waals surface area contributed by atoms with E-state index in [9.17, 15) is 0 Å². The van der Waals surface area contributed by atoms with Gasteiger partial charge in [-0.25, -0.2) is 0 Å². The Morgan fingerprint density at radius 2 is 1.77 bits per heavy atom. The maximum absolute atomic E-state index is 5.21. The number of methoxy groups -OCH3 is 1. The molecule has 0 spiro atoms. The largest absolute Gasteiger partial charge is 0.497 e. The van der Waals surface area contributed by atoms with Gasteiger partial charge in [-0.15, -0.1) is 0 Å². The molecular formula is C20H23NO. The third-order valence-corrected chi connectivity index (χ3v) is 4.54. The fraction of sp³-hybridized carbons (Fsp3) is 0.300. The number of likely N-dealkylation sites (tertiary alicyclic amines) is 1. The van der Waals surface area contributed by atoms with Gasteiger partial charge in [0.1, 0.15) is 5.75 Å². The van der Waals surface area contributed by atoms with Crippen LogP contribution in [0.1, 0.15) is 23.5 Å². The van der Waals surface area contributed by atoms with Gasteiger partial charge in [0.25, 0.3) is 0 Å². The summed E-state index contributed by atoms with van der Waals surface area (Å²) in [4.78, 5) is 2.44. The number of likely N-dealkylation sites (N-methyl/N-ethyl adjacent to an activating group) is 1. The fourth-order valence-corrected chi connectivity index (χ4v) is 3.24. The van der Waals surface area contributed by atoms with E-state index in [2.05, 4.69) is 66.6 Å². The van der Waals surface area contributed by atoms with Crippen LogP contribution in [0.25, 0.3) is 6.08 Å². The van der Waals surface area contributed by atoms with E-state index in [-0.39, 0.29) is 0 Å². The maximum atomic E-state index is 5.21. The zero-order chi connectivity index (χ0) is 15.4. The van der Waals surface area contributed by atoms with Gasteiger partial charge in [-0.3, -0.25) is 4.90 Å². The molecule has 2 aromatic rings. The van der Waals surface area contributed by atoms with Gasteiger partial charge >= 0.3 is 0 Å². The van der Waals surface area contributed by atoms with E-state index in [4.69, 9.17) is 4.74 Å². The number of hydrogen-bond acceptors (Lipinski definition) is 2. The van der Waals surface area contributed by atoms with Crippen molar-refractivity contribution in [2.75, 3.05) is 20.7 Å². The van der Waals surface area contributed by atoms with E-state index < -0.39 is 0 Å². The van der Waals surface area contributed by atoms with E-state index >= 15 is 0 Å². The second-order valence-electron chi connectivity index (χ2n) is 5.91. The molecule has 3 rings (SSSR count). The Bertz CT molecular complexity index is 618. The Balaban J connectivity index is 1.77. The minimum absolute atomic E-state index is 0.463. The first-order valence-corrected chi connectivity index (χ1v) is 7.85. The second kappa shape index (κ2) is 6.80. The molecule has 0 saturated carbocycles. The summed E-state index contributed by atoms with van der Waals surface area (Å²) < 4.78 is 5.21. The predicted molar refractivity (Wildman–Crippen MR) is 92.2 cm³/mol. The zero-order valence-electron chi connectivity index (χ0n) is 13.3. The average Bonchev–Trinajstić information content (AvgIpc) is 2.95. The van der Waals surface area contributed by atoms with Crippen LogP contribution < -0.4 is 4.74 Å². The predicted octanol–water partition coefficient (Wildman–Crippen LogP) is 4.20. The van der Waals surface area contributed by atoms with Crippen LogP contribution in [0.3, 0.4) is 0 Å². The first kappa shape index (κ1) is 14.9. The lowest BCUT2D eigenvalue weighted by atomic mass is 9.91.